The van der Waals surface area contributed by atoms with Crippen LogP contribution in [-0.4, -0.2) is 65.5 Å². The first-order chi connectivity index (χ1) is 11.0. The normalized spacial score (nSPS) is 23.0. The Bertz CT molecular complexity index is 606. The first kappa shape index (κ1) is 16.0. The lowest BCUT2D eigenvalue weighted by molar-refractivity contribution is -0.141. The van der Waals surface area contributed by atoms with Gasteiger partial charge in [0.1, 0.15) is 12.4 Å². The van der Waals surface area contributed by atoms with E-state index in [0.29, 0.717) is 24.4 Å². The average Bonchev–Trinajstić information content (AvgIpc) is 2.87. The quantitative estimate of drug-likeness (QED) is 0.822. The number of rotatable bonds is 4. The Morgan fingerprint density at radius 3 is 2.87 bits per heavy atom. The minimum Gasteiger partial charge on any atom is -0.453 e. The van der Waals surface area contributed by atoms with Gasteiger partial charge >= 0.3 is 0 Å². The van der Waals surface area contributed by atoms with Gasteiger partial charge in [0, 0.05) is 32.2 Å². The van der Waals surface area contributed by atoms with Crippen LogP contribution in [0.1, 0.15) is 34.7 Å². The van der Waals surface area contributed by atoms with Crippen LogP contribution in [0.4, 0.5) is 0 Å². The van der Waals surface area contributed by atoms with Crippen LogP contribution in [0.3, 0.4) is 0 Å². The topological polar surface area (TPSA) is 86.0 Å². The van der Waals surface area contributed by atoms with Crippen molar-refractivity contribution < 1.29 is 19.1 Å². The predicted octanol–water partition coefficient (Wildman–Crippen LogP) is 0.115. The van der Waals surface area contributed by atoms with Crippen molar-refractivity contribution in [1.29, 1.82) is 0 Å². The number of carbonyl (C=O) groups excluding carboxylic acids is 2. The number of piperidine rings is 1. The van der Waals surface area contributed by atoms with E-state index in [2.05, 4.69) is 10.2 Å². The number of likely N-dealkylation sites (N-methyl/N-ethyl adjacent to an activating group) is 1. The lowest BCUT2D eigenvalue weighted by atomic mass is 9.98. The molecule has 0 bridgehead atoms. The zero-order valence-corrected chi connectivity index (χ0v) is 13.5. The van der Waals surface area contributed by atoms with E-state index in [1.54, 1.807) is 17.9 Å². The van der Waals surface area contributed by atoms with Crippen LogP contribution >= 0.6 is 0 Å². The molecule has 2 aliphatic heterocycles. The largest absolute Gasteiger partial charge is 0.453 e. The number of furan rings is 1. The highest BCUT2D eigenvalue weighted by Gasteiger charge is 2.39. The lowest BCUT2D eigenvalue weighted by Gasteiger charge is -2.46. The second kappa shape index (κ2) is 6.33. The van der Waals surface area contributed by atoms with Crippen LogP contribution in [0.5, 0.6) is 0 Å². The summed E-state index contributed by atoms with van der Waals surface area (Å²) in [5.41, 5.74) is 0.715. The fourth-order valence-corrected chi connectivity index (χ4v) is 3.31. The number of aryl methyl sites for hydroxylation is 1. The standard InChI is InChI=1S/C16H23N3O4/c1-10-6-12(9-20)23-14(10)15(21)17-11-7-19(8-11)13-4-3-5-18(2)16(13)22/h6,11,13,20H,3-5,7-9H2,1-2H3,(H,17,21). The summed E-state index contributed by atoms with van der Waals surface area (Å²) in [7, 11) is 1.84. The highest BCUT2D eigenvalue weighted by atomic mass is 16.4. The maximum Gasteiger partial charge on any atom is 0.287 e. The third-order valence-electron chi connectivity index (χ3n) is 4.65. The summed E-state index contributed by atoms with van der Waals surface area (Å²) in [5.74, 6) is 0.550. The number of hydrogen-bond donors (Lipinski definition) is 2. The first-order valence-corrected chi connectivity index (χ1v) is 7.99. The van der Waals surface area contributed by atoms with Crippen LogP contribution in [0.2, 0.25) is 0 Å². The smallest absolute Gasteiger partial charge is 0.287 e. The van der Waals surface area contributed by atoms with Gasteiger partial charge in [-0.3, -0.25) is 14.5 Å². The molecule has 0 radical (unpaired) electrons. The first-order valence-electron chi connectivity index (χ1n) is 7.99. The van der Waals surface area contributed by atoms with Gasteiger partial charge in [0.2, 0.25) is 5.91 Å². The molecule has 7 nitrogen and oxygen atoms in total. The maximum atomic E-state index is 12.2. The molecule has 2 amide bonds. The molecule has 0 saturated carbocycles. The number of nitrogens with one attached hydrogen (secondary N) is 1. The second-order valence-corrected chi connectivity index (χ2v) is 6.43. The monoisotopic (exact) mass is 321 g/mol. The number of aliphatic hydroxyl groups excluding tert-OH is 1. The summed E-state index contributed by atoms with van der Waals surface area (Å²) >= 11 is 0. The molecule has 1 aromatic rings. The van der Waals surface area contributed by atoms with E-state index in [1.165, 1.54) is 0 Å². The van der Waals surface area contributed by atoms with E-state index in [4.69, 9.17) is 9.52 Å². The Morgan fingerprint density at radius 1 is 1.48 bits per heavy atom. The van der Waals surface area contributed by atoms with Gasteiger partial charge in [-0.15, -0.1) is 0 Å². The molecule has 7 heteroatoms. The van der Waals surface area contributed by atoms with Gasteiger partial charge in [0.05, 0.1) is 12.1 Å². The molecule has 2 saturated heterocycles. The minimum atomic E-state index is -0.265. The maximum absolute atomic E-state index is 12.2. The van der Waals surface area contributed by atoms with E-state index >= 15 is 0 Å². The molecule has 2 fully saturated rings. The summed E-state index contributed by atoms with van der Waals surface area (Å²) in [5, 5.41) is 12.0. The van der Waals surface area contributed by atoms with E-state index in [1.807, 2.05) is 7.05 Å². The summed E-state index contributed by atoms with van der Waals surface area (Å²) in [4.78, 5) is 28.3. The van der Waals surface area contributed by atoms with Crippen LogP contribution in [0.25, 0.3) is 0 Å². The van der Waals surface area contributed by atoms with E-state index in [9.17, 15) is 9.59 Å². The zero-order valence-electron chi connectivity index (χ0n) is 13.5. The Hall–Kier alpha value is -1.86. The van der Waals surface area contributed by atoms with E-state index in [0.717, 1.165) is 19.4 Å². The van der Waals surface area contributed by atoms with Crippen molar-refractivity contribution in [3.63, 3.8) is 0 Å². The van der Waals surface area contributed by atoms with Gasteiger partial charge in [-0.25, -0.2) is 0 Å². The number of nitrogens with zero attached hydrogens (tertiary/aromatic N) is 2. The molecule has 0 spiro atoms. The molecule has 1 atom stereocenters. The third kappa shape index (κ3) is 3.11. The number of hydrogen-bond acceptors (Lipinski definition) is 5. The molecule has 2 N–H and O–H groups in total. The van der Waals surface area contributed by atoms with Gasteiger partial charge in [0.15, 0.2) is 5.76 Å². The van der Waals surface area contributed by atoms with Crippen LogP contribution in [0, 0.1) is 6.92 Å². The molecular weight excluding hydrogens is 298 g/mol. The number of amides is 2. The van der Waals surface area contributed by atoms with Crippen molar-refractivity contribution >= 4 is 11.8 Å². The molecule has 23 heavy (non-hydrogen) atoms. The van der Waals surface area contributed by atoms with Gasteiger partial charge in [-0.1, -0.05) is 0 Å². The molecular formula is C16H23N3O4. The van der Waals surface area contributed by atoms with E-state index in [-0.39, 0.29) is 36.3 Å². The van der Waals surface area contributed by atoms with Gasteiger partial charge in [-0.05, 0) is 25.8 Å². The molecule has 1 unspecified atom stereocenters. The Morgan fingerprint density at radius 2 is 2.22 bits per heavy atom. The van der Waals surface area contributed by atoms with E-state index < -0.39 is 0 Å². The lowest BCUT2D eigenvalue weighted by Crippen LogP contribution is -2.65. The summed E-state index contributed by atoms with van der Waals surface area (Å²) in [6.45, 7) is 3.75. The summed E-state index contributed by atoms with van der Waals surface area (Å²) in [6, 6.07) is 1.65. The molecule has 0 aromatic carbocycles. The predicted molar refractivity (Wildman–Crippen MR) is 82.9 cm³/mol. The summed E-state index contributed by atoms with van der Waals surface area (Å²) in [6.07, 6.45) is 1.91. The number of likely N-dealkylation sites (tertiary alicyclic amines) is 2. The average molecular weight is 321 g/mol. The number of carbonyl (C=O) groups is 2. The van der Waals surface area contributed by atoms with Crippen molar-refractivity contribution in [2.45, 2.75) is 38.5 Å². The Balaban J connectivity index is 1.53. The van der Waals surface area contributed by atoms with Crippen LogP contribution in [0.15, 0.2) is 10.5 Å². The molecule has 3 heterocycles. The molecule has 0 aliphatic carbocycles. The number of aliphatic hydroxyl groups is 1. The van der Waals surface area contributed by atoms with Gasteiger partial charge < -0.3 is 19.7 Å². The Labute approximate surface area is 135 Å². The van der Waals surface area contributed by atoms with Crippen molar-refractivity contribution in [2.24, 2.45) is 0 Å². The fourth-order valence-electron chi connectivity index (χ4n) is 3.31. The van der Waals surface area contributed by atoms with Gasteiger partial charge in [0.25, 0.3) is 5.91 Å². The van der Waals surface area contributed by atoms with Crippen molar-refractivity contribution in [2.75, 3.05) is 26.7 Å². The minimum absolute atomic E-state index is 0.0320. The molecule has 3 rings (SSSR count). The molecule has 1 aromatic heterocycles. The van der Waals surface area contributed by atoms with Crippen molar-refractivity contribution in [3.05, 3.63) is 23.2 Å². The SMILES string of the molecule is Cc1cc(CO)oc1C(=O)NC1CN(C2CCCN(C)C2=O)C1. The fraction of sp³-hybridized carbons (Fsp3) is 0.625. The summed E-state index contributed by atoms with van der Waals surface area (Å²) < 4.78 is 5.33. The molecule has 126 valence electrons. The second-order valence-electron chi connectivity index (χ2n) is 6.43. The van der Waals surface area contributed by atoms with Crippen molar-refractivity contribution in [1.82, 2.24) is 15.1 Å². The molecule has 2 aliphatic rings. The Kier molecular flexibility index (Phi) is 4.41. The third-order valence-corrected chi connectivity index (χ3v) is 4.65. The van der Waals surface area contributed by atoms with Crippen LogP contribution < -0.4 is 5.32 Å². The van der Waals surface area contributed by atoms with Gasteiger partial charge in [-0.2, -0.15) is 0 Å². The van der Waals surface area contributed by atoms with Crippen LogP contribution in [-0.2, 0) is 11.4 Å². The highest BCUT2D eigenvalue weighted by Crippen LogP contribution is 2.22. The zero-order chi connectivity index (χ0) is 16.6. The van der Waals surface area contributed by atoms with Crippen molar-refractivity contribution in [3.8, 4) is 0 Å². The highest BCUT2D eigenvalue weighted by molar-refractivity contribution is 5.93.